The van der Waals surface area contributed by atoms with Crippen LogP contribution >= 0.6 is 0 Å². The number of benzene rings is 1. The van der Waals surface area contributed by atoms with Crippen molar-refractivity contribution in [2.24, 2.45) is 5.92 Å². The molecule has 0 saturated heterocycles. The standard InChI is InChI=1S/C29H28FN3O5/c1-3-14-16-8-22-25-17(10-33(22)28(36)18(16)11-38-29(14)37)24-20(32-27(35)26(34)13-4-5-13)7-6-15-12(2)19(30)9-21(31-25)23(15)24/h8-9,13-14,20,26,34H,3-7,10-11H2,1-2H3,(H,32,35). The minimum atomic E-state index is -1.05. The highest BCUT2D eigenvalue weighted by molar-refractivity contribution is 5.94. The first-order valence-electron chi connectivity index (χ1n) is 13.3. The number of amides is 1. The number of carbonyl (C=O) groups is 2. The molecule has 38 heavy (non-hydrogen) atoms. The van der Waals surface area contributed by atoms with Crippen LogP contribution in [0.4, 0.5) is 4.39 Å². The van der Waals surface area contributed by atoms with E-state index < -0.39 is 24.0 Å². The molecule has 1 saturated carbocycles. The Kier molecular flexibility index (Phi) is 5.08. The zero-order chi connectivity index (χ0) is 26.5. The quantitative estimate of drug-likeness (QED) is 0.402. The van der Waals surface area contributed by atoms with Gasteiger partial charge in [0.2, 0.25) is 5.91 Å². The molecule has 3 aromatic rings. The molecule has 1 fully saturated rings. The maximum atomic E-state index is 15.0. The van der Waals surface area contributed by atoms with Gasteiger partial charge in [0.1, 0.15) is 18.5 Å². The van der Waals surface area contributed by atoms with Crippen LogP contribution in [0.3, 0.4) is 0 Å². The lowest BCUT2D eigenvalue weighted by Crippen LogP contribution is -2.39. The molecule has 9 heteroatoms. The second-order valence-corrected chi connectivity index (χ2v) is 11.0. The van der Waals surface area contributed by atoms with Crippen molar-refractivity contribution < 1.29 is 23.8 Å². The van der Waals surface area contributed by atoms with Crippen LogP contribution in [0.5, 0.6) is 0 Å². The number of nitrogens with one attached hydrogen (secondary N) is 1. The molecule has 2 aliphatic carbocycles. The largest absolute Gasteiger partial charge is 0.460 e. The molecule has 2 aromatic heterocycles. The number of hydrogen-bond acceptors (Lipinski definition) is 6. The van der Waals surface area contributed by atoms with Crippen molar-refractivity contribution in [2.45, 2.75) is 77.2 Å². The fourth-order valence-electron chi connectivity index (χ4n) is 6.60. The highest BCUT2D eigenvalue weighted by Gasteiger charge is 2.39. The first-order chi connectivity index (χ1) is 18.3. The number of esters is 1. The Morgan fingerprint density at radius 3 is 2.76 bits per heavy atom. The number of aromatic nitrogens is 2. The molecule has 2 N–H and O–H groups in total. The van der Waals surface area contributed by atoms with E-state index in [0.29, 0.717) is 52.9 Å². The van der Waals surface area contributed by atoms with Crippen LogP contribution in [0, 0.1) is 18.7 Å². The third-order valence-corrected chi connectivity index (χ3v) is 8.85. The van der Waals surface area contributed by atoms with Crippen LogP contribution in [0.25, 0.3) is 22.3 Å². The lowest BCUT2D eigenvalue weighted by atomic mass is 9.81. The van der Waals surface area contributed by atoms with Crippen LogP contribution in [-0.4, -0.2) is 32.6 Å². The van der Waals surface area contributed by atoms with Gasteiger partial charge in [-0.25, -0.2) is 9.37 Å². The van der Waals surface area contributed by atoms with Crippen molar-refractivity contribution in [3.05, 3.63) is 61.7 Å². The summed E-state index contributed by atoms with van der Waals surface area (Å²) >= 11 is 0. The first-order valence-corrected chi connectivity index (χ1v) is 13.3. The summed E-state index contributed by atoms with van der Waals surface area (Å²) in [6.07, 6.45) is 2.24. The van der Waals surface area contributed by atoms with Gasteiger partial charge in [0.15, 0.2) is 0 Å². The Morgan fingerprint density at radius 1 is 1.24 bits per heavy atom. The molecule has 2 aliphatic heterocycles. The summed E-state index contributed by atoms with van der Waals surface area (Å²) in [5.41, 5.74) is 5.64. The average molecular weight is 518 g/mol. The zero-order valence-corrected chi connectivity index (χ0v) is 21.3. The van der Waals surface area contributed by atoms with E-state index in [9.17, 15) is 23.9 Å². The van der Waals surface area contributed by atoms with E-state index in [1.807, 2.05) is 13.0 Å². The Bertz CT molecular complexity index is 1640. The first kappa shape index (κ1) is 23.5. The smallest absolute Gasteiger partial charge is 0.313 e. The molecule has 3 unspecified atom stereocenters. The van der Waals surface area contributed by atoms with Gasteiger partial charge in [-0.2, -0.15) is 0 Å². The highest BCUT2D eigenvalue weighted by Crippen LogP contribution is 2.45. The Morgan fingerprint density at radius 2 is 2.03 bits per heavy atom. The number of aliphatic hydroxyl groups is 1. The predicted octanol–water partition coefficient (Wildman–Crippen LogP) is 3.30. The molecule has 8 nitrogen and oxygen atoms in total. The number of aliphatic hydroxyl groups excluding tert-OH is 1. The van der Waals surface area contributed by atoms with E-state index >= 15 is 0 Å². The molecular formula is C29H28FN3O5. The van der Waals surface area contributed by atoms with Gasteiger partial charge < -0.3 is 19.7 Å². The fourth-order valence-corrected chi connectivity index (χ4v) is 6.60. The van der Waals surface area contributed by atoms with Crippen molar-refractivity contribution in [3.8, 4) is 11.4 Å². The molecular weight excluding hydrogens is 489 g/mol. The number of aryl methyl sites for hydroxylation is 1. The molecule has 4 heterocycles. The summed E-state index contributed by atoms with van der Waals surface area (Å²) in [4.78, 5) is 43.9. The number of fused-ring (bicyclic) bond motifs is 5. The number of cyclic esters (lactones) is 1. The van der Waals surface area contributed by atoms with Gasteiger partial charge in [-0.3, -0.25) is 14.4 Å². The van der Waals surface area contributed by atoms with Crippen molar-refractivity contribution in [3.63, 3.8) is 0 Å². The molecule has 4 aliphatic rings. The van der Waals surface area contributed by atoms with Gasteiger partial charge >= 0.3 is 5.97 Å². The molecule has 7 rings (SSSR count). The number of pyridine rings is 2. The van der Waals surface area contributed by atoms with Crippen molar-refractivity contribution in [1.82, 2.24) is 14.9 Å². The van der Waals surface area contributed by atoms with E-state index in [2.05, 4.69) is 5.32 Å². The minimum Gasteiger partial charge on any atom is -0.460 e. The maximum absolute atomic E-state index is 15.0. The Labute approximate surface area is 217 Å². The van der Waals surface area contributed by atoms with Crippen molar-refractivity contribution in [1.29, 1.82) is 0 Å². The van der Waals surface area contributed by atoms with Gasteiger partial charge in [-0.05, 0) is 73.3 Å². The number of halogens is 1. The number of carbonyl (C=O) groups excluding carboxylic acids is 2. The highest BCUT2D eigenvalue weighted by atomic mass is 19.1. The topological polar surface area (TPSA) is 111 Å². The third kappa shape index (κ3) is 3.24. The summed E-state index contributed by atoms with van der Waals surface area (Å²) in [5, 5.41) is 14.3. The van der Waals surface area contributed by atoms with Gasteiger partial charge in [0.05, 0.1) is 41.0 Å². The van der Waals surface area contributed by atoms with Crippen LogP contribution < -0.4 is 10.9 Å². The van der Waals surface area contributed by atoms with E-state index in [4.69, 9.17) is 9.72 Å². The van der Waals surface area contributed by atoms with E-state index in [1.54, 1.807) is 11.5 Å². The van der Waals surface area contributed by atoms with Gasteiger partial charge in [0.25, 0.3) is 5.56 Å². The second-order valence-electron chi connectivity index (χ2n) is 11.0. The normalized spacial score (nSPS) is 21.9. The number of rotatable bonds is 4. The molecule has 1 aromatic carbocycles. The van der Waals surface area contributed by atoms with Crippen LogP contribution in [0.15, 0.2) is 16.9 Å². The van der Waals surface area contributed by atoms with Crippen LogP contribution in [-0.2, 0) is 33.9 Å². The third-order valence-electron chi connectivity index (χ3n) is 8.85. The van der Waals surface area contributed by atoms with Crippen molar-refractivity contribution in [2.75, 3.05) is 0 Å². The SMILES string of the molecule is CCC1C(=O)OCc2c1cc1n(c2=O)Cc2c-1nc1cc(F)c(C)c3c1c2C(NC(=O)C(O)C1CC1)CC3. The zero-order valence-electron chi connectivity index (χ0n) is 21.3. The molecule has 196 valence electrons. The van der Waals surface area contributed by atoms with E-state index in [1.165, 1.54) is 6.07 Å². The number of nitrogens with zero attached hydrogens (tertiary/aromatic N) is 2. The summed E-state index contributed by atoms with van der Waals surface area (Å²) in [5.74, 6) is -1.61. The van der Waals surface area contributed by atoms with E-state index in [0.717, 1.165) is 34.9 Å². The molecule has 1 amide bonds. The Hall–Kier alpha value is -3.59. The maximum Gasteiger partial charge on any atom is 0.313 e. The summed E-state index contributed by atoms with van der Waals surface area (Å²) in [6.45, 7) is 3.83. The molecule has 3 atom stereocenters. The fraction of sp³-hybridized carbons (Fsp3) is 0.448. The van der Waals surface area contributed by atoms with Gasteiger partial charge in [-0.1, -0.05) is 6.92 Å². The number of hydrogen-bond donors (Lipinski definition) is 2. The lowest BCUT2D eigenvalue weighted by molar-refractivity contribution is -0.148. The van der Waals surface area contributed by atoms with E-state index in [-0.39, 0.29) is 36.4 Å². The second kappa shape index (κ2) is 8.20. The minimum absolute atomic E-state index is 0.00372. The van der Waals surface area contributed by atoms with Gasteiger partial charge in [-0.15, -0.1) is 0 Å². The monoisotopic (exact) mass is 517 g/mol. The van der Waals surface area contributed by atoms with Crippen LogP contribution in [0.2, 0.25) is 0 Å². The average Bonchev–Trinajstić information content (AvgIpc) is 3.69. The number of ether oxygens (including phenoxy) is 1. The summed E-state index contributed by atoms with van der Waals surface area (Å²) in [6, 6.07) is 2.88. The molecule has 0 radical (unpaired) electrons. The van der Waals surface area contributed by atoms with Crippen LogP contribution in [0.1, 0.15) is 77.9 Å². The predicted molar refractivity (Wildman–Crippen MR) is 136 cm³/mol. The molecule has 0 bridgehead atoms. The lowest BCUT2D eigenvalue weighted by Gasteiger charge is -2.30. The molecule has 0 spiro atoms. The van der Waals surface area contributed by atoms with Gasteiger partial charge in [0, 0.05) is 17.0 Å². The summed E-state index contributed by atoms with van der Waals surface area (Å²) in [7, 11) is 0. The Balaban J connectivity index is 1.45. The summed E-state index contributed by atoms with van der Waals surface area (Å²) < 4.78 is 21.9. The van der Waals surface area contributed by atoms with Crippen molar-refractivity contribution >= 4 is 22.8 Å².